The lowest BCUT2D eigenvalue weighted by Crippen LogP contribution is -2.17. The molecule has 2 N–H and O–H groups in total. The first-order chi connectivity index (χ1) is 8.35. The van der Waals surface area contributed by atoms with Crippen molar-refractivity contribution < 1.29 is 18.3 Å². The Kier molecular flexibility index (Phi) is 4.92. The van der Waals surface area contributed by atoms with E-state index in [1.54, 1.807) is 6.92 Å². The Balaban J connectivity index is 2.67. The average Bonchev–Trinajstić information content (AvgIpc) is 2.31. The van der Waals surface area contributed by atoms with E-state index < -0.39 is 15.8 Å². The molecule has 0 aliphatic heterocycles. The van der Waals surface area contributed by atoms with E-state index in [4.69, 9.17) is 16.7 Å². The van der Waals surface area contributed by atoms with E-state index in [0.717, 1.165) is 6.20 Å². The quantitative estimate of drug-likeness (QED) is 0.820. The van der Waals surface area contributed by atoms with Gasteiger partial charge in [0.05, 0.1) is 16.3 Å². The van der Waals surface area contributed by atoms with Crippen LogP contribution in [0.5, 0.6) is 0 Å². The van der Waals surface area contributed by atoms with Gasteiger partial charge in [-0.05, 0) is 6.07 Å². The van der Waals surface area contributed by atoms with Gasteiger partial charge in [-0.1, -0.05) is 18.5 Å². The van der Waals surface area contributed by atoms with Crippen molar-refractivity contribution in [1.82, 2.24) is 4.98 Å². The lowest BCUT2D eigenvalue weighted by Gasteiger charge is -2.07. The minimum atomic E-state index is -3.05. The van der Waals surface area contributed by atoms with Gasteiger partial charge in [-0.2, -0.15) is 0 Å². The number of carboxylic acids is 1. The standard InChI is InChI=1S/C10H13ClN2O4S/c1-2-18(16,17)4-3-12-9-8(11)5-7(6-13-9)10(14)15/h5-6H,2-4H2,1H3,(H,12,13)(H,14,15). The van der Waals surface area contributed by atoms with Crippen LogP contribution in [0.15, 0.2) is 12.3 Å². The number of halogens is 1. The second-order valence-electron chi connectivity index (χ2n) is 3.52. The third-order valence-electron chi connectivity index (χ3n) is 2.23. The number of nitrogens with zero attached hydrogens (tertiary/aromatic N) is 1. The summed E-state index contributed by atoms with van der Waals surface area (Å²) in [5.74, 6) is -0.798. The molecular weight excluding hydrogens is 280 g/mol. The number of aromatic carboxylic acids is 1. The maximum absolute atomic E-state index is 11.2. The van der Waals surface area contributed by atoms with Gasteiger partial charge in [-0.3, -0.25) is 0 Å². The SMILES string of the molecule is CCS(=O)(=O)CCNc1ncc(C(=O)O)cc1Cl. The maximum Gasteiger partial charge on any atom is 0.337 e. The Morgan fingerprint density at radius 2 is 2.22 bits per heavy atom. The van der Waals surface area contributed by atoms with Crippen LogP contribution in [-0.2, 0) is 9.84 Å². The summed E-state index contributed by atoms with van der Waals surface area (Å²) >= 11 is 5.82. The van der Waals surface area contributed by atoms with Crippen LogP contribution in [-0.4, -0.2) is 42.5 Å². The molecule has 8 heteroatoms. The summed E-state index contributed by atoms with van der Waals surface area (Å²) in [4.78, 5) is 14.5. The van der Waals surface area contributed by atoms with Crippen molar-refractivity contribution in [3.05, 3.63) is 22.8 Å². The fraction of sp³-hybridized carbons (Fsp3) is 0.400. The summed E-state index contributed by atoms with van der Waals surface area (Å²) in [6, 6.07) is 1.26. The fourth-order valence-electron chi connectivity index (χ4n) is 1.15. The van der Waals surface area contributed by atoms with E-state index in [2.05, 4.69) is 10.3 Å². The van der Waals surface area contributed by atoms with Crippen LogP contribution in [0, 0.1) is 0 Å². The molecule has 0 amide bonds. The summed E-state index contributed by atoms with van der Waals surface area (Å²) < 4.78 is 22.5. The molecular formula is C10H13ClN2O4S. The van der Waals surface area contributed by atoms with E-state index in [1.165, 1.54) is 6.07 Å². The second-order valence-corrected chi connectivity index (χ2v) is 6.40. The molecule has 6 nitrogen and oxygen atoms in total. The molecule has 1 aromatic rings. The number of carbonyl (C=O) groups is 1. The predicted molar refractivity (Wildman–Crippen MR) is 69.0 cm³/mol. The van der Waals surface area contributed by atoms with Crippen molar-refractivity contribution in [3.8, 4) is 0 Å². The van der Waals surface area contributed by atoms with E-state index in [-0.39, 0.29) is 34.5 Å². The number of hydrogen-bond donors (Lipinski definition) is 2. The van der Waals surface area contributed by atoms with Crippen LogP contribution in [0.25, 0.3) is 0 Å². The van der Waals surface area contributed by atoms with Crippen molar-refractivity contribution in [1.29, 1.82) is 0 Å². The van der Waals surface area contributed by atoms with E-state index in [9.17, 15) is 13.2 Å². The zero-order valence-corrected chi connectivity index (χ0v) is 11.3. The van der Waals surface area contributed by atoms with Crippen LogP contribution in [0.4, 0.5) is 5.82 Å². The van der Waals surface area contributed by atoms with Crippen LogP contribution >= 0.6 is 11.6 Å². The molecule has 0 aliphatic carbocycles. The highest BCUT2D eigenvalue weighted by Crippen LogP contribution is 2.19. The molecule has 0 atom stereocenters. The van der Waals surface area contributed by atoms with Crippen molar-refractivity contribution in [2.24, 2.45) is 0 Å². The molecule has 0 spiro atoms. The molecule has 0 aliphatic rings. The van der Waals surface area contributed by atoms with Gasteiger partial charge < -0.3 is 10.4 Å². The fourth-order valence-corrected chi connectivity index (χ4v) is 2.09. The highest BCUT2D eigenvalue weighted by atomic mass is 35.5. The number of anilines is 1. The smallest absolute Gasteiger partial charge is 0.337 e. The van der Waals surface area contributed by atoms with Crippen LogP contribution < -0.4 is 5.32 Å². The third-order valence-corrected chi connectivity index (χ3v) is 4.23. The first kappa shape index (κ1) is 14.7. The van der Waals surface area contributed by atoms with Gasteiger partial charge in [-0.15, -0.1) is 0 Å². The molecule has 0 bridgehead atoms. The Labute approximate surface area is 110 Å². The molecule has 0 radical (unpaired) electrons. The van der Waals surface area contributed by atoms with Gasteiger partial charge in [0, 0.05) is 18.5 Å². The molecule has 1 heterocycles. The summed E-state index contributed by atoms with van der Waals surface area (Å²) in [6.07, 6.45) is 1.16. The molecule has 0 fully saturated rings. The van der Waals surface area contributed by atoms with E-state index in [1.807, 2.05) is 0 Å². The topological polar surface area (TPSA) is 96.4 Å². The highest BCUT2D eigenvalue weighted by Gasteiger charge is 2.10. The van der Waals surface area contributed by atoms with Gasteiger partial charge in [0.15, 0.2) is 9.84 Å². The molecule has 0 saturated heterocycles. The first-order valence-electron chi connectivity index (χ1n) is 5.19. The largest absolute Gasteiger partial charge is 0.478 e. The number of aromatic nitrogens is 1. The molecule has 1 aromatic heterocycles. The van der Waals surface area contributed by atoms with Gasteiger partial charge in [0.25, 0.3) is 0 Å². The summed E-state index contributed by atoms with van der Waals surface area (Å²) in [6.45, 7) is 1.75. The number of pyridine rings is 1. The summed E-state index contributed by atoms with van der Waals surface area (Å²) in [7, 11) is -3.05. The molecule has 0 saturated carbocycles. The van der Waals surface area contributed by atoms with Crippen molar-refractivity contribution in [2.45, 2.75) is 6.92 Å². The second kappa shape index (κ2) is 6.01. The van der Waals surface area contributed by atoms with Gasteiger partial charge in [0.2, 0.25) is 0 Å². The number of nitrogens with one attached hydrogen (secondary N) is 1. The van der Waals surface area contributed by atoms with Crippen LogP contribution in [0.2, 0.25) is 5.02 Å². The van der Waals surface area contributed by atoms with E-state index in [0.29, 0.717) is 0 Å². The predicted octanol–water partition coefficient (Wildman–Crippen LogP) is 1.28. The molecule has 18 heavy (non-hydrogen) atoms. The zero-order chi connectivity index (χ0) is 13.8. The summed E-state index contributed by atoms with van der Waals surface area (Å²) in [5, 5.41) is 11.6. The van der Waals surface area contributed by atoms with Gasteiger partial charge >= 0.3 is 5.97 Å². The Morgan fingerprint density at radius 3 is 2.72 bits per heavy atom. The molecule has 100 valence electrons. The molecule has 0 aromatic carbocycles. The average molecular weight is 293 g/mol. The minimum absolute atomic E-state index is 0.0215. The Morgan fingerprint density at radius 1 is 1.56 bits per heavy atom. The zero-order valence-electron chi connectivity index (χ0n) is 9.68. The monoisotopic (exact) mass is 292 g/mol. The Hall–Kier alpha value is -1.34. The first-order valence-corrected chi connectivity index (χ1v) is 7.39. The Bertz CT molecular complexity index is 545. The van der Waals surface area contributed by atoms with Crippen molar-refractivity contribution in [3.63, 3.8) is 0 Å². The van der Waals surface area contributed by atoms with Crippen molar-refractivity contribution in [2.75, 3.05) is 23.4 Å². The highest BCUT2D eigenvalue weighted by molar-refractivity contribution is 7.91. The lowest BCUT2D eigenvalue weighted by atomic mass is 10.3. The summed E-state index contributed by atoms with van der Waals surface area (Å²) in [5.41, 5.74) is -0.0215. The van der Waals surface area contributed by atoms with Gasteiger partial charge in [-0.25, -0.2) is 18.2 Å². The minimum Gasteiger partial charge on any atom is -0.478 e. The van der Waals surface area contributed by atoms with Crippen molar-refractivity contribution >= 4 is 33.2 Å². The molecule has 0 unspecified atom stereocenters. The number of carboxylic acid groups (broad SMARTS) is 1. The number of sulfone groups is 1. The normalized spacial score (nSPS) is 11.2. The lowest BCUT2D eigenvalue weighted by molar-refractivity contribution is 0.0696. The third kappa shape index (κ3) is 4.15. The van der Waals surface area contributed by atoms with Gasteiger partial charge in [0.1, 0.15) is 5.82 Å². The maximum atomic E-state index is 11.2. The molecule has 1 rings (SSSR count). The number of hydrogen-bond acceptors (Lipinski definition) is 5. The van der Waals surface area contributed by atoms with Crippen LogP contribution in [0.1, 0.15) is 17.3 Å². The van der Waals surface area contributed by atoms with Crippen LogP contribution in [0.3, 0.4) is 0 Å². The number of rotatable bonds is 6. The van der Waals surface area contributed by atoms with E-state index >= 15 is 0 Å².